The standard InChI is InChI=1S/C59H38N4O/c1-64-56-34-32-49(44-17-7-8-20-48(44)56)58-50-31-25-37-13-5-6-16-43(37)57(50)60-59(61-58)38-23-28-42(29-24-38)63-52-21-11-9-18-45(52)47-30-26-40(36-55(47)63)39-27-33-54-51(35-39)46-19-10-12-22-53(46)62(54)41-14-3-2-4-15-41/h2-36H,1H3. The first-order chi connectivity index (χ1) is 31.7. The molecule has 0 aliphatic rings. The average Bonchev–Trinajstić information content (AvgIpc) is 3.88. The van der Waals surface area contributed by atoms with Crippen LogP contribution < -0.4 is 4.74 Å². The van der Waals surface area contributed by atoms with Crippen LogP contribution in [0.1, 0.15) is 0 Å². The van der Waals surface area contributed by atoms with E-state index in [9.17, 15) is 0 Å². The molecule has 13 rings (SSSR count). The number of para-hydroxylation sites is 3. The number of benzene rings is 10. The molecule has 5 heteroatoms. The van der Waals surface area contributed by atoms with Crippen LogP contribution in [0.25, 0.3) is 121 Å². The Morgan fingerprint density at radius 1 is 0.359 bits per heavy atom. The van der Waals surface area contributed by atoms with Crippen LogP contribution in [-0.4, -0.2) is 26.2 Å². The lowest BCUT2D eigenvalue weighted by molar-refractivity contribution is 0.420. The molecule has 0 N–H and O–H groups in total. The number of methoxy groups -OCH3 is 1. The van der Waals surface area contributed by atoms with Gasteiger partial charge in [0.25, 0.3) is 0 Å². The summed E-state index contributed by atoms with van der Waals surface area (Å²) in [6, 6.07) is 75.9. The zero-order chi connectivity index (χ0) is 42.3. The second-order valence-electron chi connectivity index (χ2n) is 16.5. The number of fused-ring (bicyclic) bond motifs is 10. The Kier molecular flexibility index (Phi) is 8.06. The van der Waals surface area contributed by atoms with E-state index in [4.69, 9.17) is 14.7 Å². The van der Waals surface area contributed by atoms with Crippen molar-refractivity contribution >= 4 is 76.1 Å². The van der Waals surface area contributed by atoms with E-state index in [1.807, 2.05) is 6.07 Å². The van der Waals surface area contributed by atoms with Gasteiger partial charge in [0, 0.05) is 60.2 Å². The summed E-state index contributed by atoms with van der Waals surface area (Å²) in [6.45, 7) is 0. The zero-order valence-corrected chi connectivity index (χ0v) is 34.9. The molecule has 0 bridgehead atoms. The average molecular weight is 819 g/mol. The maximum absolute atomic E-state index is 5.79. The van der Waals surface area contributed by atoms with Crippen molar-refractivity contribution in [2.24, 2.45) is 0 Å². The molecule has 0 atom stereocenters. The number of aromatic nitrogens is 4. The van der Waals surface area contributed by atoms with Gasteiger partial charge in [0.2, 0.25) is 0 Å². The lowest BCUT2D eigenvalue weighted by atomic mass is 9.97. The molecule has 300 valence electrons. The summed E-state index contributed by atoms with van der Waals surface area (Å²) >= 11 is 0. The highest BCUT2D eigenvalue weighted by Crippen LogP contribution is 2.41. The van der Waals surface area contributed by atoms with Crippen LogP contribution in [0.4, 0.5) is 0 Å². The van der Waals surface area contributed by atoms with E-state index in [1.54, 1.807) is 7.11 Å². The van der Waals surface area contributed by atoms with Crippen LogP contribution in [-0.2, 0) is 0 Å². The van der Waals surface area contributed by atoms with Gasteiger partial charge in [-0.1, -0.05) is 127 Å². The summed E-state index contributed by atoms with van der Waals surface area (Å²) in [6.07, 6.45) is 0. The normalized spacial score (nSPS) is 11.8. The molecule has 10 aromatic carbocycles. The summed E-state index contributed by atoms with van der Waals surface area (Å²) in [7, 11) is 1.72. The van der Waals surface area contributed by atoms with E-state index in [0.29, 0.717) is 5.82 Å². The van der Waals surface area contributed by atoms with Gasteiger partial charge < -0.3 is 13.9 Å². The van der Waals surface area contributed by atoms with E-state index in [1.165, 1.54) is 43.7 Å². The Labute approximate surface area is 368 Å². The number of hydrogen-bond donors (Lipinski definition) is 0. The first-order valence-electron chi connectivity index (χ1n) is 21.7. The van der Waals surface area contributed by atoms with Crippen LogP contribution in [0, 0.1) is 0 Å². The van der Waals surface area contributed by atoms with Crippen LogP contribution in [0.2, 0.25) is 0 Å². The molecule has 13 aromatic rings. The third-order valence-corrected chi connectivity index (χ3v) is 13.0. The predicted molar refractivity (Wildman–Crippen MR) is 266 cm³/mol. The van der Waals surface area contributed by atoms with Crippen molar-refractivity contribution in [3.8, 4) is 50.9 Å². The SMILES string of the molecule is COc1ccc(-c2nc(-c3ccc(-n4c5ccccc5c5ccc(-c6ccc7c(c6)c6ccccc6n7-c6ccccc6)cc54)cc3)nc3c2ccc2ccccc23)c2ccccc12. The van der Waals surface area contributed by atoms with Crippen molar-refractivity contribution in [1.29, 1.82) is 0 Å². The van der Waals surface area contributed by atoms with Crippen molar-refractivity contribution in [2.45, 2.75) is 0 Å². The summed E-state index contributed by atoms with van der Waals surface area (Å²) in [5.41, 5.74) is 13.1. The summed E-state index contributed by atoms with van der Waals surface area (Å²) < 4.78 is 10.5. The van der Waals surface area contributed by atoms with Crippen LogP contribution in [0.5, 0.6) is 5.75 Å². The highest BCUT2D eigenvalue weighted by atomic mass is 16.5. The van der Waals surface area contributed by atoms with Crippen molar-refractivity contribution in [3.05, 3.63) is 212 Å². The number of rotatable bonds is 6. The molecule has 0 saturated carbocycles. The fourth-order valence-electron chi connectivity index (χ4n) is 10.0. The Bertz CT molecular complexity index is 3990. The molecular weight excluding hydrogens is 781 g/mol. The zero-order valence-electron chi connectivity index (χ0n) is 34.9. The molecule has 0 radical (unpaired) electrons. The fraction of sp³-hybridized carbons (Fsp3) is 0.0169. The van der Waals surface area contributed by atoms with Gasteiger partial charge in [0.05, 0.1) is 40.4 Å². The largest absolute Gasteiger partial charge is 0.496 e. The monoisotopic (exact) mass is 818 g/mol. The van der Waals surface area contributed by atoms with E-state index < -0.39 is 0 Å². The molecule has 0 aliphatic heterocycles. The van der Waals surface area contributed by atoms with Gasteiger partial charge in [-0.3, -0.25) is 0 Å². The molecule has 0 amide bonds. The Balaban J connectivity index is 0.961. The minimum Gasteiger partial charge on any atom is -0.496 e. The van der Waals surface area contributed by atoms with Crippen LogP contribution in [0.3, 0.4) is 0 Å². The lowest BCUT2D eigenvalue weighted by Gasteiger charge is -2.15. The quantitative estimate of drug-likeness (QED) is 0.157. The second kappa shape index (κ2) is 14.3. The molecule has 5 nitrogen and oxygen atoms in total. The van der Waals surface area contributed by atoms with Crippen molar-refractivity contribution in [3.63, 3.8) is 0 Å². The van der Waals surface area contributed by atoms with Gasteiger partial charge in [-0.15, -0.1) is 0 Å². The number of ether oxygens (including phenoxy) is 1. The first kappa shape index (κ1) is 36.1. The first-order valence-corrected chi connectivity index (χ1v) is 21.7. The van der Waals surface area contributed by atoms with E-state index >= 15 is 0 Å². The van der Waals surface area contributed by atoms with Gasteiger partial charge in [-0.05, 0) is 107 Å². The minimum absolute atomic E-state index is 0.679. The fourth-order valence-corrected chi connectivity index (χ4v) is 10.0. The third kappa shape index (κ3) is 5.51. The number of hydrogen-bond acceptors (Lipinski definition) is 3. The Morgan fingerprint density at radius 2 is 0.922 bits per heavy atom. The highest BCUT2D eigenvalue weighted by molar-refractivity contribution is 6.14. The maximum atomic E-state index is 5.79. The van der Waals surface area contributed by atoms with E-state index in [0.717, 1.165) is 77.4 Å². The molecule has 0 spiro atoms. The van der Waals surface area contributed by atoms with Gasteiger partial charge in [-0.2, -0.15) is 0 Å². The molecule has 0 aliphatic carbocycles. The molecular formula is C59H38N4O. The van der Waals surface area contributed by atoms with Crippen LogP contribution >= 0.6 is 0 Å². The molecule has 0 saturated heterocycles. The maximum Gasteiger partial charge on any atom is 0.160 e. The second-order valence-corrected chi connectivity index (χ2v) is 16.5. The van der Waals surface area contributed by atoms with Crippen LogP contribution in [0.15, 0.2) is 212 Å². The smallest absolute Gasteiger partial charge is 0.160 e. The van der Waals surface area contributed by atoms with Gasteiger partial charge >= 0.3 is 0 Å². The summed E-state index contributed by atoms with van der Waals surface area (Å²) in [5.74, 6) is 1.52. The van der Waals surface area contributed by atoms with Crippen molar-refractivity contribution < 1.29 is 4.74 Å². The van der Waals surface area contributed by atoms with Gasteiger partial charge in [-0.25, -0.2) is 9.97 Å². The highest BCUT2D eigenvalue weighted by Gasteiger charge is 2.19. The predicted octanol–water partition coefficient (Wildman–Crippen LogP) is 15.1. The third-order valence-electron chi connectivity index (χ3n) is 13.0. The number of nitrogens with zero attached hydrogens (tertiary/aromatic N) is 4. The Hall–Kier alpha value is -8.54. The minimum atomic E-state index is 0.679. The lowest BCUT2D eigenvalue weighted by Crippen LogP contribution is -1.98. The molecule has 0 unspecified atom stereocenters. The van der Waals surface area contributed by atoms with Crippen molar-refractivity contribution in [1.82, 2.24) is 19.1 Å². The molecule has 0 fully saturated rings. The Morgan fingerprint density at radius 3 is 1.70 bits per heavy atom. The summed E-state index contributed by atoms with van der Waals surface area (Å²) in [5, 5.41) is 10.3. The molecule has 3 heterocycles. The molecule has 3 aromatic heterocycles. The van der Waals surface area contributed by atoms with Crippen molar-refractivity contribution in [2.75, 3.05) is 7.11 Å². The van der Waals surface area contributed by atoms with E-state index in [-0.39, 0.29) is 0 Å². The summed E-state index contributed by atoms with van der Waals surface area (Å²) in [4.78, 5) is 10.7. The topological polar surface area (TPSA) is 44.9 Å². The van der Waals surface area contributed by atoms with Gasteiger partial charge in [0.15, 0.2) is 5.82 Å². The van der Waals surface area contributed by atoms with Gasteiger partial charge in [0.1, 0.15) is 5.75 Å². The van der Waals surface area contributed by atoms with E-state index in [2.05, 4.69) is 215 Å². The molecule has 64 heavy (non-hydrogen) atoms.